The summed E-state index contributed by atoms with van der Waals surface area (Å²) in [5.41, 5.74) is 0.806. The van der Waals surface area contributed by atoms with Crippen molar-refractivity contribution in [2.24, 2.45) is 0 Å². The lowest BCUT2D eigenvalue weighted by Crippen LogP contribution is -2.22. The molecule has 1 N–H and O–H groups in total. The molecule has 0 aliphatic rings. The van der Waals surface area contributed by atoms with Crippen LogP contribution in [0.2, 0.25) is 0 Å². The van der Waals surface area contributed by atoms with Crippen LogP contribution >= 0.6 is 0 Å². The highest BCUT2D eigenvalue weighted by molar-refractivity contribution is 5.85. The summed E-state index contributed by atoms with van der Waals surface area (Å²) >= 11 is 0. The first-order valence-electron chi connectivity index (χ1n) is 7.46. The minimum Gasteiger partial charge on any atom is -0.481 e. The van der Waals surface area contributed by atoms with Gasteiger partial charge in [-0.05, 0) is 36.1 Å². The van der Waals surface area contributed by atoms with Crippen molar-refractivity contribution in [1.82, 2.24) is 4.57 Å². The Labute approximate surface area is 134 Å². The first kappa shape index (κ1) is 16.6. The number of carboxylic acids is 1. The Morgan fingerprint density at radius 2 is 2.17 bits per heavy atom. The number of nitriles is 1. The molecule has 1 heterocycles. The lowest BCUT2D eigenvalue weighted by Gasteiger charge is -2.18. The van der Waals surface area contributed by atoms with Crippen LogP contribution in [0.3, 0.4) is 0 Å². The lowest BCUT2D eigenvalue weighted by atomic mass is 10.1. The molecule has 0 spiro atoms. The van der Waals surface area contributed by atoms with E-state index >= 15 is 0 Å². The number of anilines is 1. The maximum absolute atomic E-state index is 12.4. The highest BCUT2D eigenvalue weighted by Gasteiger charge is 2.07. The number of aliphatic carboxylic acids is 1. The maximum atomic E-state index is 12.4. The number of carboxylic acid groups (broad SMARTS) is 1. The summed E-state index contributed by atoms with van der Waals surface area (Å²) in [6.45, 7) is 0.939. The normalized spacial score (nSPS) is 10.4. The van der Waals surface area contributed by atoms with Gasteiger partial charge in [-0.1, -0.05) is 0 Å². The van der Waals surface area contributed by atoms with E-state index in [0.717, 1.165) is 11.1 Å². The van der Waals surface area contributed by atoms with Crippen molar-refractivity contribution < 1.29 is 9.90 Å². The molecule has 23 heavy (non-hydrogen) atoms. The van der Waals surface area contributed by atoms with E-state index in [1.165, 1.54) is 0 Å². The molecule has 1 aromatic heterocycles. The van der Waals surface area contributed by atoms with Crippen molar-refractivity contribution in [3.8, 4) is 6.07 Å². The summed E-state index contributed by atoms with van der Waals surface area (Å²) in [5, 5.41) is 18.8. The number of benzene rings is 1. The minimum atomic E-state index is -0.835. The summed E-state index contributed by atoms with van der Waals surface area (Å²) in [5.74, 6) is -0.835. The second-order valence-corrected chi connectivity index (χ2v) is 5.41. The largest absolute Gasteiger partial charge is 0.481 e. The van der Waals surface area contributed by atoms with Gasteiger partial charge in [-0.15, -0.1) is 0 Å². The van der Waals surface area contributed by atoms with Gasteiger partial charge in [0, 0.05) is 43.8 Å². The van der Waals surface area contributed by atoms with E-state index in [-0.39, 0.29) is 12.0 Å². The number of fused-ring (bicyclic) bond motifs is 1. The number of carbonyl (C=O) groups is 1. The van der Waals surface area contributed by atoms with Crippen molar-refractivity contribution in [2.45, 2.75) is 25.8 Å². The summed E-state index contributed by atoms with van der Waals surface area (Å²) in [4.78, 5) is 24.9. The zero-order chi connectivity index (χ0) is 16.8. The average Bonchev–Trinajstić information content (AvgIpc) is 2.54. The standard InChI is InChI=1S/C17H19N3O3/c1-19(10-7-16(21)22)14-4-5-15-13(12-14)6-11-20(17(15)23)9-3-2-8-18/h4-6,11-12H,2-3,7,9-10H2,1H3,(H,21,22). The summed E-state index contributed by atoms with van der Waals surface area (Å²) in [6, 6.07) is 9.42. The fourth-order valence-electron chi connectivity index (χ4n) is 2.41. The average molecular weight is 313 g/mol. The third-order valence-electron chi connectivity index (χ3n) is 3.75. The molecule has 120 valence electrons. The first-order chi connectivity index (χ1) is 11.0. The van der Waals surface area contributed by atoms with E-state index in [9.17, 15) is 9.59 Å². The maximum Gasteiger partial charge on any atom is 0.305 e. The van der Waals surface area contributed by atoms with Crippen LogP contribution in [-0.2, 0) is 11.3 Å². The fraction of sp³-hybridized carbons (Fsp3) is 0.353. The summed E-state index contributed by atoms with van der Waals surface area (Å²) in [7, 11) is 1.83. The van der Waals surface area contributed by atoms with Crippen LogP contribution in [0.5, 0.6) is 0 Å². The van der Waals surface area contributed by atoms with Gasteiger partial charge < -0.3 is 14.6 Å². The number of pyridine rings is 1. The van der Waals surface area contributed by atoms with Crippen molar-refractivity contribution >= 4 is 22.4 Å². The van der Waals surface area contributed by atoms with Crippen LogP contribution in [0.15, 0.2) is 35.3 Å². The summed E-state index contributed by atoms with van der Waals surface area (Å²) in [6.07, 6.45) is 2.88. The lowest BCUT2D eigenvalue weighted by molar-refractivity contribution is -0.136. The van der Waals surface area contributed by atoms with E-state index < -0.39 is 5.97 Å². The van der Waals surface area contributed by atoms with E-state index in [1.807, 2.05) is 30.1 Å². The van der Waals surface area contributed by atoms with Gasteiger partial charge in [0.15, 0.2) is 0 Å². The number of aryl methyl sites for hydroxylation is 1. The van der Waals surface area contributed by atoms with Gasteiger partial charge in [0.25, 0.3) is 5.56 Å². The molecular weight excluding hydrogens is 294 g/mol. The van der Waals surface area contributed by atoms with Crippen LogP contribution in [0.1, 0.15) is 19.3 Å². The Hall–Kier alpha value is -2.81. The molecule has 0 bridgehead atoms. The van der Waals surface area contributed by atoms with Gasteiger partial charge in [0.1, 0.15) is 0 Å². The topological polar surface area (TPSA) is 86.3 Å². The molecule has 0 amide bonds. The quantitative estimate of drug-likeness (QED) is 0.792. The van der Waals surface area contributed by atoms with Gasteiger partial charge in [0.2, 0.25) is 0 Å². The van der Waals surface area contributed by atoms with Crippen LogP contribution < -0.4 is 10.5 Å². The predicted molar refractivity (Wildman–Crippen MR) is 88.6 cm³/mol. The van der Waals surface area contributed by atoms with Crippen LogP contribution in [0.25, 0.3) is 10.8 Å². The Balaban J connectivity index is 2.24. The molecule has 0 saturated carbocycles. The highest BCUT2D eigenvalue weighted by Crippen LogP contribution is 2.19. The number of unbranched alkanes of at least 4 members (excludes halogenated alkanes) is 1. The van der Waals surface area contributed by atoms with E-state index in [0.29, 0.717) is 31.3 Å². The molecule has 0 unspecified atom stereocenters. The second-order valence-electron chi connectivity index (χ2n) is 5.41. The van der Waals surface area contributed by atoms with Crippen molar-refractivity contribution in [1.29, 1.82) is 5.26 Å². The molecule has 0 aliphatic heterocycles. The Kier molecular flexibility index (Phi) is 5.36. The number of hydrogen-bond donors (Lipinski definition) is 1. The molecular formula is C17H19N3O3. The van der Waals surface area contributed by atoms with Gasteiger partial charge in [-0.2, -0.15) is 5.26 Å². The Morgan fingerprint density at radius 1 is 1.39 bits per heavy atom. The van der Waals surface area contributed by atoms with Crippen molar-refractivity contribution in [3.05, 3.63) is 40.8 Å². The van der Waals surface area contributed by atoms with E-state index in [1.54, 1.807) is 16.8 Å². The monoisotopic (exact) mass is 313 g/mol. The van der Waals surface area contributed by atoms with Crippen molar-refractivity contribution in [3.63, 3.8) is 0 Å². The predicted octanol–water partition coefficient (Wildman–Crippen LogP) is 2.22. The zero-order valence-corrected chi connectivity index (χ0v) is 13.0. The number of nitrogens with zero attached hydrogens (tertiary/aromatic N) is 3. The molecule has 6 nitrogen and oxygen atoms in total. The number of hydrogen-bond acceptors (Lipinski definition) is 4. The van der Waals surface area contributed by atoms with E-state index in [2.05, 4.69) is 6.07 Å². The number of aromatic nitrogens is 1. The van der Waals surface area contributed by atoms with Gasteiger partial charge in [-0.25, -0.2) is 0 Å². The highest BCUT2D eigenvalue weighted by atomic mass is 16.4. The molecule has 0 saturated heterocycles. The Morgan fingerprint density at radius 3 is 2.87 bits per heavy atom. The summed E-state index contributed by atoms with van der Waals surface area (Å²) < 4.78 is 1.62. The molecule has 2 aromatic rings. The van der Waals surface area contributed by atoms with Crippen LogP contribution in [0, 0.1) is 11.3 Å². The number of rotatable bonds is 7. The zero-order valence-electron chi connectivity index (χ0n) is 13.0. The SMILES string of the molecule is CN(CCC(=O)O)c1ccc2c(=O)n(CCCC#N)ccc2c1. The molecule has 0 fully saturated rings. The van der Waals surface area contributed by atoms with E-state index in [4.69, 9.17) is 10.4 Å². The van der Waals surface area contributed by atoms with Crippen LogP contribution in [0.4, 0.5) is 5.69 Å². The van der Waals surface area contributed by atoms with Crippen LogP contribution in [-0.4, -0.2) is 29.2 Å². The smallest absolute Gasteiger partial charge is 0.305 e. The minimum absolute atomic E-state index is 0.0645. The van der Waals surface area contributed by atoms with Gasteiger partial charge in [-0.3, -0.25) is 9.59 Å². The first-order valence-corrected chi connectivity index (χ1v) is 7.46. The third-order valence-corrected chi connectivity index (χ3v) is 3.75. The second kappa shape index (κ2) is 7.45. The molecule has 6 heteroatoms. The van der Waals surface area contributed by atoms with Gasteiger partial charge >= 0.3 is 5.97 Å². The molecule has 0 atom stereocenters. The molecule has 1 aromatic carbocycles. The Bertz CT molecular complexity index is 805. The fourth-order valence-corrected chi connectivity index (χ4v) is 2.41. The molecule has 2 rings (SSSR count). The third kappa shape index (κ3) is 4.10. The van der Waals surface area contributed by atoms with Gasteiger partial charge in [0.05, 0.1) is 12.5 Å². The van der Waals surface area contributed by atoms with Crippen molar-refractivity contribution in [2.75, 3.05) is 18.5 Å². The molecule has 0 radical (unpaired) electrons. The molecule has 0 aliphatic carbocycles.